The number of benzene rings is 1. The van der Waals surface area contributed by atoms with Crippen LogP contribution in [0.3, 0.4) is 0 Å². The molecule has 2 atom stereocenters. The normalized spacial score (nSPS) is 33.5. The van der Waals surface area contributed by atoms with Crippen LogP contribution in [0.25, 0.3) is 0 Å². The molecule has 0 saturated carbocycles. The van der Waals surface area contributed by atoms with Crippen molar-refractivity contribution in [1.29, 1.82) is 0 Å². The highest BCUT2D eigenvalue weighted by Gasteiger charge is 2.46. The molecule has 2 aliphatic rings. The van der Waals surface area contributed by atoms with Crippen LogP contribution in [-0.4, -0.2) is 18.6 Å². The van der Waals surface area contributed by atoms with E-state index in [0.29, 0.717) is 5.54 Å². The van der Waals surface area contributed by atoms with Gasteiger partial charge in [0.2, 0.25) is 0 Å². The van der Waals surface area contributed by atoms with E-state index in [1.54, 1.807) is 11.1 Å². The van der Waals surface area contributed by atoms with Gasteiger partial charge < -0.3 is 5.32 Å². The molecule has 3 rings (SSSR count). The molecule has 0 radical (unpaired) electrons. The van der Waals surface area contributed by atoms with Crippen LogP contribution in [0, 0.1) is 5.92 Å². The molecule has 2 heteroatoms. The quantitative estimate of drug-likeness (QED) is 0.778. The van der Waals surface area contributed by atoms with E-state index >= 15 is 0 Å². The van der Waals surface area contributed by atoms with Gasteiger partial charge in [0.1, 0.15) is 0 Å². The van der Waals surface area contributed by atoms with E-state index in [1.807, 2.05) is 0 Å². The molecule has 0 bridgehead atoms. The summed E-state index contributed by atoms with van der Waals surface area (Å²) in [7, 11) is 2.13. The lowest BCUT2D eigenvalue weighted by Gasteiger charge is -2.40. The van der Waals surface area contributed by atoms with E-state index in [1.165, 1.54) is 24.3 Å². The van der Waals surface area contributed by atoms with Crippen molar-refractivity contribution in [1.82, 2.24) is 5.32 Å². The number of fused-ring (bicyclic) bond motifs is 3. The maximum Gasteiger partial charge on any atom is 0.0482 e. The first kappa shape index (κ1) is 9.73. The smallest absolute Gasteiger partial charge is 0.0482 e. The molecule has 1 nitrogen and oxygen atoms in total. The predicted octanol–water partition coefficient (Wildman–Crippen LogP) is 2.41. The van der Waals surface area contributed by atoms with Crippen LogP contribution in [0.15, 0.2) is 24.3 Å². The minimum atomic E-state index is 0.293. The minimum absolute atomic E-state index is 0.293. The number of nitrogens with one attached hydrogen (secondary N) is 1. The molecule has 1 aliphatic carbocycles. The van der Waals surface area contributed by atoms with Crippen molar-refractivity contribution in [3.63, 3.8) is 0 Å². The number of hydrogen-bond donors (Lipinski definition) is 1. The Labute approximate surface area is 95.6 Å². The maximum absolute atomic E-state index is 3.62. The molecule has 1 heterocycles. The topological polar surface area (TPSA) is 12.0 Å². The first-order valence-electron chi connectivity index (χ1n) is 5.72. The van der Waals surface area contributed by atoms with Crippen molar-refractivity contribution in [2.75, 3.05) is 18.6 Å². The van der Waals surface area contributed by atoms with Crippen LogP contribution in [0.1, 0.15) is 17.5 Å². The molecule has 1 aliphatic heterocycles. The van der Waals surface area contributed by atoms with Gasteiger partial charge in [-0.15, -0.1) is 0 Å². The molecule has 0 amide bonds. The highest BCUT2D eigenvalue weighted by Crippen LogP contribution is 2.48. The Hall–Kier alpha value is -0.470. The number of hydrogen-bond acceptors (Lipinski definition) is 2. The van der Waals surface area contributed by atoms with E-state index < -0.39 is 0 Å². The van der Waals surface area contributed by atoms with Crippen molar-refractivity contribution in [2.24, 2.45) is 5.92 Å². The van der Waals surface area contributed by atoms with Gasteiger partial charge in [-0.05, 0) is 48.4 Å². The molecule has 80 valence electrons. The van der Waals surface area contributed by atoms with E-state index in [4.69, 9.17) is 0 Å². The summed E-state index contributed by atoms with van der Waals surface area (Å²) in [5.41, 5.74) is 3.43. The lowest BCUT2D eigenvalue weighted by Crippen LogP contribution is -2.47. The monoisotopic (exact) mass is 219 g/mol. The molecule has 15 heavy (non-hydrogen) atoms. The summed E-state index contributed by atoms with van der Waals surface area (Å²) < 4.78 is 0. The minimum Gasteiger partial charge on any atom is -0.310 e. The van der Waals surface area contributed by atoms with Gasteiger partial charge in [0.25, 0.3) is 0 Å². The number of thioether (sulfide) groups is 1. The van der Waals surface area contributed by atoms with Crippen molar-refractivity contribution >= 4 is 11.8 Å². The zero-order valence-electron chi connectivity index (χ0n) is 9.12. The Morgan fingerprint density at radius 1 is 1.40 bits per heavy atom. The van der Waals surface area contributed by atoms with Gasteiger partial charge >= 0.3 is 0 Å². The lowest BCUT2D eigenvalue weighted by molar-refractivity contribution is 0.254. The third kappa shape index (κ3) is 1.28. The SMILES string of the molecule is CN[C@]12CCSC[C@H]1Cc1ccccc12. The Morgan fingerprint density at radius 3 is 3.13 bits per heavy atom. The van der Waals surface area contributed by atoms with Gasteiger partial charge in [0, 0.05) is 5.54 Å². The van der Waals surface area contributed by atoms with Gasteiger partial charge in [0.05, 0.1) is 0 Å². The lowest BCUT2D eigenvalue weighted by atomic mass is 9.82. The summed E-state index contributed by atoms with van der Waals surface area (Å²) in [6.45, 7) is 0. The summed E-state index contributed by atoms with van der Waals surface area (Å²) in [5.74, 6) is 3.42. The van der Waals surface area contributed by atoms with Gasteiger partial charge in [-0.2, -0.15) is 11.8 Å². The van der Waals surface area contributed by atoms with E-state index in [2.05, 4.69) is 48.4 Å². The molecule has 1 fully saturated rings. The first-order chi connectivity index (χ1) is 7.37. The van der Waals surface area contributed by atoms with Crippen LogP contribution in [-0.2, 0) is 12.0 Å². The summed E-state index contributed by atoms with van der Waals surface area (Å²) >= 11 is 2.12. The molecule has 0 unspecified atom stereocenters. The van der Waals surface area contributed by atoms with Crippen LogP contribution in [0.4, 0.5) is 0 Å². The van der Waals surface area contributed by atoms with E-state index in [0.717, 1.165) is 5.92 Å². The average molecular weight is 219 g/mol. The first-order valence-corrected chi connectivity index (χ1v) is 6.87. The van der Waals surface area contributed by atoms with Crippen molar-refractivity contribution in [3.05, 3.63) is 35.4 Å². The second-order valence-corrected chi connectivity index (χ2v) is 5.75. The highest BCUT2D eigenvalue weighted by atomic mass is 32.2. The third-order valence-electron chi connectivity index (χ3n) is 4.07. The molecular formula is C13H17NS. The predicted molar refractivity (Wildman–Crippen MR) is 66.3 cm³/mol. The van der Waals surface area contributed by atoms with E-state index in [-0.39, 0.29) is 0 Å². The fourth-order valence-electron chi connectivity index (χ4n) is 3.26. The summed E-state index contributed by atoms with van der Waals surface area (Å²) in [5, 5.41) is 3.62. The summed E-state index contributed by atoms with van der Waals surface area (Å²) in [4.78, 5) is 0. The van der Waals surface area contributed by atoms with Gasteiger partial charge in [-0.3, -0.25) is 0 Å². The van der Waals surface area contributed by atoms with Crippen molar-refractivity contribution in [2.45, 2.75) is 18.4 Å². The zero-order chi connectivity index (χ0) is 10.3. The van der Waals surface area contributed by atoms with E-state index in [9.17, 15) is 0 Å². The van der Waals surface area contributed by atoms with Gasteiger partial charge in [0.15, 0.2) is 0 Å². The van der Waals surface area contributed by atoms with Crippen molar-refractivity contribution < 1.29 is 0 Å². The van der Waals surface area contributed by atoms with Gasteiger partial charge in [-0.25, -0.2) is 0 Å². The Bertz CT molecular complexity index is 377. The van der Waals surface area contributed by atoms with Crippen LogP contribution < -0.4 is 5.32 Å². The molecule has 1 saturated heterocycles. The van der Waals surface area contributed by atoms with Crippen LogP contribution >= 0.6 is 11.8 Å². The van der Waals surface area contributed by atoms with Gasteiger partial charge in [-0.1, -0.05) is 24.3 Å². The molecule has 1 aromatic carbocycles. The van der Waals surface area contributed by atoms with Crippen LogP contribution in [0.2, 0.25) is 0 Å². The molecule has 0 spiro atoms. The highest BCUT2D eigenvalue weighted by molar-refractivity contribution is 7.99. The Morgan fingerprint density at radius 2 is 2.27 bits per heavy atom. The third-order valence-corrected chi connectivity index (χ3v) is 5.20. The molecule has 1 N–H and O–H groups in total. The largest absolute Gasteiger partial charge is 0.310 e. The Balaban J connectivity index is 2.11. The van der Waals surface area contributed by atoms with Crippen molar-refractivity contribution in [3.8, 4) is 0 Å². The fraction of sp³-hybridized carbons (Fsp3) is 0.538. The molecule has 0 aromatic heterocycles. The van der Waals surface area contributed by atoms with Crippen LogP contribution in [0.5, 0.6) is 0 Å². The standard InChI is InChI=1S/C13H17NS/c1-14-13-6-7-15-9-11(13)8-10-4-2-3-5-12(10)13/h2-5,11,14H,6-9H2,1H3/t11-,13-/m1/s1. The maximum atomic E-state index is 3.62. The second kappa shape index (κ2) is 3.53. The number of rotatable bonds is 1. The average Bonchev–Trinajstić information content (AvgIpc) is 2.64. The molecular weight excluding hydrogens is 202 g/mol. The molecule has 1 aromatic rings. The fourth-order valence-corrected chi connectivity index (χ4v) is 4.58. The zero-order valence-corrected chi connectivity index (χ0v) is 9.94. The summed E-state index contributed by atoms with van der Waals surface area (Å²) in [6, 6.07) is 8.98. The summed E-state index contributed by atoms with van der Waals surface area (Å²) in [6.07, 6.45) is 2.56. The second-order valence-electron chi connectivity index (χ2n) is 4.60. The Kier molecular flexibility index (Phi) is 2.29.